The fourth-order valence-electron chi connectivity index (χ4n) is 11.4. The second-order valence-corrected chi connectivity index (χ2v) is 18.5. The van der Waals surface area contributed by atoms with Gasteiger partial charge in [0, 0.05) is 61.2 Å². The molecule has 13 rings (SSSR count). The standard InChI is InChI=1S/C60H44N2O/c1-59(2)49-21-13-11-19-43(49)45-29-27-41(35-51(45)59)61(40-25-23-38(24-26-40)37-15-7-5-8-16-37)42-28-30-47-54(36-42)63-53-34-33-52-55(56(47)53)48-32-31-46-44-20-12-14-22-50(44)60(3,4)57(46)58(48)62(52)39-17-9-6-10-18-39/h5-36H,1-4H3. The molecule has 0 aliphatic heterocycles. The van der Waals surface area contributed by atoms with Crippen LogP contribution in [0.1, 0.15) is 49.9 Å². The average molecular weight is 809 g/mol. The lowest BCUT2D eigenvalue weighted by atomic mass is 9.81. The lowest BCUT2D eigenvalue weighted by Crippen LogP contribution is -2.16. The van der Waals surface area contributed by atoms with Gasteiger partial charge < -0.3 is 13.9 Å². The first-order valence-electron chi connectivity index (χ1n) is 22.1. The summed E-state index contributed by atoms with van der Waals surface area (Å²) in [6.07, 6.45) is 0. The number of fused-ring (bicyclic) bond motifs is 14. The number of rotatable bonds is 5. The van der Waals surface area contributed by atoms with Crippen LogP contribution in [0.5, 0.6) is 0 Å². The van der Waals surface area contributed by atoms with Crippen LogP contribution in [0.15, 0.2) is 199 Å². The molecule has 0 saturated heterocycles. The predicted octanol–water partition coefficient (Wildman–Crippen LogP) is 16.4. The zero-order valence-electron chi connectivity index (χ0n) is 35.8. The highest BCUT2D eigenvalue weighted by Crippen LogP contribution is 2.55. The number of benzene rings is 9. The minimum atomic E-state index is -0.183. The number of nitrogens with zero attached hydrogens (tertiary/aromatic N) is 2. The summed E-state index contributed by atoms with van der Waals surface area (Å²) in [5.41, 5.74) is 21.4. The van der Waals surface area contributed by atoms with Crippen molar-refractivity contribution in [3.05, 3.63) is 216 Å². The molecule has 300 valence electrons. The van der Waals surface area contributed by atoms with Crippen LogP contribution in [0.2, 0.25) is 0 Å². The summed E-state index contributed by atoms with van der Waals surface area (Å²) in [5.74, 6) is 0. The Labute approximate surface area is 367 Å². The van der Waals surface area contributed by atoms with Crippen LogP contribution in [0.25, 0.3) is 82.8 Å². The molecule has 11 aromatic rings. The summed E-state index contributed by atoms with van der Waals surface area (Å²) in [5, 5.41) is 4.73. The minimum absolute atomic E-state index is 0.129. The van der Waals surface area contributed by atoms with Gasteiger partial charge in [0.15, 0.2) is 0 Å². The zero-order chi connectivity index (χ0) is 42.2. The van der Waals surface area contributed by atoms with Crippen LogP contribution in [-0.4, -0.2) is 4.57 Å². The molecule has 3 heteroatoms. The molecule has 2 heterocycles. The van der Waals surface area contributed by atoms with Crippen molar-refractivity contribution in [2.75, 3.05) is 4.90 Å². The maximum absolute atomic E-state index is 6.96. The molecule has 2 aromatic heterocycles. The lowest BCUT2D eigenvalue weighted by Gasteiger charge is -2.28. The Morgan fingerprint density at radius 3 is 1.75 bits per heavy atom. The molecule has 0 bridgehead atoms. The highest BCUT2D eigenvalue weighted by Gasteiger charge is 2.39. The van der Waals surface area contributed by atoms with Crippen molar-refractivity contribution >= 4 is 60.8 Å². The molecule has 3 nitrogen and oxygen atoms in total. The van der Waals surface area contributed by atoms with Crippen LogP contribution in [0.4, 0.5) is 17.1 Å². The van der Waals surface area contributed by atoms with E-state index in [1.165, 1.54) is 77.4 Å². The quantitative estimate of drug-likeness (QED) is 0.173. The Morgan fingerprint density at radius 2 is 0.984 bits per heavy atom. The predicted molar refractivity (Wildman–Crippen MR) is 263 cm³/mol. The highest BCUT2D eigenvalue weighted by molar-refractivity contribution is 6.28. The molecule has 2 aliphatic rings. The van der Waals surface area contributed by atoms with Gasteiger partial charge in [-0.1, -0.05) is 155 Å². The molecule has 63 heavy (non-hydrogen) atoms. The van der Waals surface area contributed by atoms with Crippen LogP contribution in [-0.2, 0) is 10.8 Å². The molecule has 0 amide bonds. The molecule has 0 unspecified atom stereocenters. The molecule has 0 radical (unpaired) electrons. The molecule has 0 N–H and O–H groups in total. The maximum Gasteiger partial charge on any atom is 0.137 e. The molecular weight excluding hydrogens is 765 g/mol. The Morgan fingerprint density at radius 1 is 0.413 bits per heavy atom. The normalized spacial score (nSPS) is 14.3. The summed E-state index contributed by atoms with van der Waals surface area (Å²) in [6.45, 7) is 9.47. The van der Waals surface area contributed by atoms with Crippen molar-refractivity contribution in [2.45, 2.75) is 38.5 Å². The first-order chi connectivity index (χ1) is 30.8. The molecule has 0 fully saturated rings. The van der Waals surface area contributed by atoms with E-state index in [1.54, 1.807) is 0 Å². The number of aromatic nitrogens is 1. The van der Waals surface area contributed by atoms with Crippen molar-refractivity contribution < 1.29 is 4.42 Å². The van der Waals surface area contributed by atoms with Gasteiger partial charge in [0.05, 0.1) is 11.0 Å². The average Bonchev–Trinajstić information content (AvgIpc) is 4.00. The van der Waals surface area contributed by atoms with Crippen molar-refractivity contribution in [1.82, 2.24) is 4.57 Å². The Kier molecular flexibility index (Phi) is 7.42. The van der Waals surface area contributed by atoms with E-state index in [4.69, 9.17) is 4.42 Å². The SMILES string of the molecule is CC1(C)c2ccccc2-c2ccc(N(c3ccc(-c4ccccc4)cc3)c3ccc4c(c3)oc3ccc5c(c6ccc7c(c6n5-c5ccccc5)C(C)(C)c5ccccc5-7)c34)cc21. The first kappa shape index (κ1) is 36.1. The van der Waals surface area contributed by atoms with Crippen molar-refractivity contribution in [2.24, 2.45) is 0 Å². The molecule has 0 atom stereocenters. The summed E-state index contributed by atoms with van der Waals surface area (Å²) in [6, 6.07) is 71.2. The largest absolute Gasteiger partial charge is 0.456 e. The summed E-state index contributed by atoms with van der Waals surface area (Å²) in [4.78, 5) is 2.39. The van der Waals surface area contributed by atoms with E-state index in [0.29, 0.717) is 0 Å². The van der Waals surface area contributed by atoms with Gasteiger partial charge in [-0.3, -0.25) is 0 Å². The lowest BCUT2D eigenvalue weighted by molar-refractivity contribution is 0.660. The van der Waals surface area contributed by atoms with E-state index in [9.17, 15) is 0 Å². The van der Waals surface area contributed by atoms with Gasteiger partial charge in [0.2, 0.25) is 0 Å². The monoisotopic (exact) mass is 808 g/mol. The van der Waals surface area contributed by atoms with Crippen molar-refractivity contribution in [3.8, 4) is 39.1 Å². The third-order valence-electron chi connectivity index (χ3n) is 14.4. The third-order valence-corrected chi connectivity index (χ3v) is 14.4. The molecule has 9 aromatic carbocycles. The van der Waals surface area contributed by atoms with E-state index in [0.717, 1.165) is 44.7 Å². The fraction of sp³-hybridized carbons (Fsp3) is 0.100. The number of furan rings is 1. The van der Waals surface area contributed by atoms with Gasteiger partial charge >= 0.3 is 0 Å². The van der Waals surface area contributed by atoms with Crippen molar-refractivity contribution in [1.29, 1.82) is 0 Å². The van der Waals surface area contributed by atoms with E-state index >= 15 is 0 Å². The van der Waals surface area contributed by atoms with Gasteiger partial charge in [-0.25, -0.2) is 0 Å². The minimum Gasteiger partial charge on any atom is -0.456 e. The number of anilines is 3. The van der Waals surface area contributed by atoms with Crippen LogP contribution >= 0.6 is 0 Å². The van der Waals surface area contributed by atoms with E-state index in [2.05, 4.69) is 231 Å². The Hall–Kier alpha value is -7.62. The summed E-state index contributed by atoms with van der Waals surface area (Å²) in [7, 11) is 0. The maximum atomic E-state index is 6.96. The van der Waals surface area contributed by atoms with Gasteiger partial charge in [0.25, 0.3) is 0 Å². The van der Waals surface area contributed by atoms with E-state index in [1.807, 2.05) is 0 Å². The van der Waals surface area contributed by atoms with Crippen LogP contribution < -0.4 is 4.90 Å². The van der Waals surface area contributed by atoms with Gasteiger partial charge in [-0.05, 0) is 116 Å². The molecule has 2 aliphatic carbocycles. The fourth-order valence-corrected chi connectivity index (χ4v) is 11.4. The summed E-state index contributed by atoms with van der Waals surface area (Å²) >= 11 is 0. The Balaban J connectivity index is 1.03. The van der Waals surface area contributed by atoms with Gasteiger partial charge in [-0.2, -0.15) is 0 Å². The van der Waals surface area contributed by atoms with Crippen LogP contribution in [0, 0.1) is 0 Å². The summed E-state index contributed by atoms with van der Waals surface area (Å²) < 4.78 is 9.46. The van der Waals surface area contributed by atoms with E-state index in [-0.39, 0.29) is 10.8 Å². The van der Waals surface area contributed by atoms with Gasteiger partial charge in [0.1, 0.15) is 11.2 Å². The number of para-hydroxylation sites is 1. The van der Waals surface area contributed by atoms with Gasteiger partial charge in [-0.15, -0.1) is 0 Å². The molecular formula is C60H44N2O. The molecule has 0 spiro atoms. The number of hydrogen-bond donors (Lipinski definition) is 0. The third kappa shape index (κ3) is 5.02. The second kappa shape index (κ2) is 13.0. The van der Waals surface area contributed by atoms with Crippen molar-refractivity contribution in [3.63, 3.8) is 0 Å². The zero-order valence-corrected chi connectivity index (χ0v) is 35.8. The number of hydrogen-bond acceptors (Lipinski definition) is 2. The highest BCUT2D eigenvalue weighted by atomic mass is 16.3. The smallest absolute Gasteiger partial charge is 0.137 e. The first-order valence-corrected chi connectivity index (χ1v) is 22.1. The van der Waals surface area contributed by atoms with Crippen LogP contribution in [0.3, 0.4) is 0 Å². The molecule has 0 saturated carbocycles. The Bertz CT molecular complexity index is 3660. The van der Waals surface area contributed by atoms with E-state index < -0.39 is 0 Å². The second-order valence-electron chi connectivity index (χ2n) is 18.5. The topological polar surface area (TPSA) is 21.3 Å².